The third-order valence-corrected chi connectivity index (χ3v) is 7.34. The SMILES string of the molecule is COC(=O)c1sc(N2C(=O)C(=O)/C(=C(/O)c3ccncc3)C2c2ccc(OCc3ccccc3)cc2)nc1C. The van der Waals surface area contributed by atoms with Crippen LogP contribution >= 0.6 is 11.3 Å². The first kappa shape index (κ1) is 25.8. The molecule has 2 aromatic heterocycles. The van der Waals surface area contributed by atoms with Gasteiger partial charge in [-0.15, -0.1) is 0 Å². The number of aliphatic hydroxyl groups excluding tert-OH is 1. The zero-order valence-electron chi connectivity index (χ0n) is 21.0. The topological polar surface area (TPSA) is 119 Å². The van der Waals surface area contributed by atoms with Gasteiger partial charge in [0.1, 0.15) is 23.0 Å². The first-order valence-corrected chi connectivity index (χ1v) is 12.7. The number of aliphatic hydroxyl groups is 1. The number of amides is 1. The molecule has 10 heteroatoms. The summed E-state index contributed by atoms with van der Waals surface area (Å²) in [7, 11) is 1.25. The third kappa shape index (κ3) is 5.01. The van der Waals surface area contributed by atoms with E-state index in [-0.39, 0.29) is 21.3 Å². The first-order valence-electron chi connectivity index (χ1n) is 11.9. The highest BCUT2D eigenvalue weighted by Crippen LogP contribution is 2.44. The Morgan fingerprint density at radius 2 is 1.72 bits per heavy atom. The Labute approximate surface area is 228 Å². The molecule has 5 rings (SSSR count). The molecule has 39 heavy (non-hydrogen) atoms. The number of aromatic nitrogens is 2. The molecule has 196 valence electrons. The Bertz CT molecular complexity index is 1570. The van der Waals surface area contributed by atoms with Gasteiger partial charge in [-0.25, -0.2) is 9.78 Å². The van der Waals surface area contributed by atoms with Crippen molar-refractivity contribution in [1.29, 1.82) is 0 Å². The molecule has 9 nitrogen and oxygen atoms in total. The number of esters is 1. The molecule has 1 N–H and O–H groups in total. The normalized spacial score (nSPS) is 16.4. The van der Waals surface area contributed by atoms with Crippen LogP contribution in [0.25, 0.3) is 5.76 Å². The highest BCUT2D eigenvalue weighted by molar-refractivity contribution is 7.17. The number of thiazole rings is 1. The number of ether oxygens (including phenoxy) is 2. The standard InChI is InChI=1S/C29H23N3O6S/c1-17-26(28(36)37-2)39-29(31-17)32-23(22(25(34)27(32)35)24(33)20-12-14-30-15-13-20)19-8-10-21(11-9-19)38-16-18-6-4-3-5-7-18/h3-15,23,33H,16H2,1-2H3/b24-22+. The smallest absolute Gasteiger partial charge is 0.350 e. The molecule has 1 aliphatic heterocycles. The fourth-order valence-corrected chi connectivity index (χ4v) is 5.28. The monoisotopic (exact) mass is 541 g/mol. The zero-order valence-corrected chi connectivity index (χ0v) is 21.8. The molecule has 0 bridgehead atoms. The molecule has 1 saturated heterocycles. The van der Waals surface area contributed by atoms with E-state index in [4.69, 9.17) is 9.47 Å². The fourth-order valence-electron chi connectivity index (χ4n) is 4.27. The van der Waals surface area contributed by atoms with Crippen LogP contribution in [0.4, 0.5) is 5.13 Å². The Morgan fingerprint density at radius 3 is 2.38 bits per heavy atom. The van der Waals surface area contributed by atoms with Crippen LogP contribution in [-0.2, 0) is 20.9 Å². The average molecular weight is 542 g/mol. The number of pyridine rings is 1. The van der Waals surface area contributed by atoms with E-state index < -0.39 is 23.7 Å². The number of Topliss-reactive ketones (excluding diaryl/α,β-unsaturated/α-hetero) is 1. The molecule has 1 aliphatic rings. The minimum atomic E-state index is -1.00. The number of carbonyl (C=O) groups excluding carboxylic acids is 3. The summed E-state index contributed by atoms with van der Waals surface area (Å²) >= 11 is 0.940. The Morgan fingerprint density at radius 1 is 1.03 bits per heavy atom. The van der Waals surface area contributed by atoms with Crippen molar-refractivity contribution in [2.75, 3.05) is 12.0 Å². The van der Waals surface area contributed by atoms with Gasteiger partial charge in [0.05, 0.1) is 24.4 Å². The molecule has 1 fully saturated rings. The Kier molecular flexibility index (Phi) is 7.20. The van der Waals surface area contributed by atoms with Crippen LogP contribution < -0.4 is 9.64 Å². The van der Waals surface area contributed by atoms with Gasteiger partial charge in [0.15, 0.2) is 5.13 Å². The van der Waals surface area contributed by atoms with E-state index in [2.05, 4.69) is 9.97 Å². The summed E-state index contributed by atoms with van der Waals surface area (Å²) in [6, 6.07) is 18.7. The largest absolute Gasteiger partial charge is 0.507 e. The second-order valence-corrected chi connectivity index (χ2v) is 9.63. The first-order chi connectivity index (χ1) is 18.9. The van der Waals surface area contributed by atoms with Crippen molar-refractivity contribution in [3.8, 4) is 5.75 Å². The van der Waals surface area contributed by atoms with Crippen LogP contribution in [0.3, 0.4) is 0 Å². The zero-order chi connectivity index (χ0) is 27.5. The van der Waals surface area contributed by atoms with Gasteiger partial charge in [0.25, 0.3) is 5.78 Å². The van der Waals surface area contributed by atoms with Crippen molar-refractivity contribution in [2.45, 2.75) is 19.6 Å². The molecule has 0 spiro atoms. The maximum atomic E-state index is 13.4. The summed E-state index contributed by atoms with van der Waals surface area (Å²) in [4.78, 5) is 48.7. The Hall–Kier alpha value is -4.83. The summed E-state index contributed by atoms with van der Waals surface area (Å²) in [6.07, 6.45) is 2.96. The lowest BCUT2D eigenvalue weighted by molar-refractivity contribution is -0.132. The van der Waals surface area contributed by atoms with Gasteiger partial charge in [0.2, 0.25) is 0 Å². The number of nitrogens with zero attached hydrogens (tertiary/aromatic N) is 3. The highest BCUT2D eigenvalue weighted by atomic mass is 32.1. The molecule has 0 aliphatic carbocycles. The molecule has 1 unspecified atom stereocenters. The second-order valence-electron chi connectivity index (χ2n) is 8.65. The molecule has 3 heterocycles. The Balaban J connectivity index is 1.57. The number of hydrogen-bond donors (Lipinski definition) is 1. The molecule has 1 atom stereocenters. The lowest BCUT2D eigenvalue weighted by atomic mass is 9.95. The van der Waals surface area contributed by atoms with Gasteiger partial charge in [-0.2, -0.15) is 0 Å². The molecule has 2 aromatic carbocycles. The van der Waals surface area contributed by atoms with Gasteiger partial charge in [-0.05, 0) is 42.3 Å². The van der Waals surface area contributed by atoms with Crippen molar-refractivity contribution >= 4 is 39.9 Å². The molecule has 4 aromatic rings. The molecule has 0 radical (unpaired) electrons. The van der Waals surface area contributed by atoms with Crippen molar-refractivity contribution in [1.82, 2.24) is 9.97 Å². The average Bonchev–Trinajstić information content (AvgIpc) is 3.48. The van der Waals surface area contributed by atoms with E-state index in [0.717, 1.165) is 16.9 Å². The lowest BCUT2D eigenvalue weighted by Crippen LogP contribution is -2.29. The van der Waals surface area contributed by atoms with E-state index in [1.54, 1.807) is 43.3 Å². The van der Waals surface area contributed by atoms with Crippen LogP contribution in [0, 0.1) is 6.92 Å². The van der Waals surface area contributed by atoms with Crippen LogP contribution in [0.15, 0.2) is 84.7 Å². The van der Waals surface area contributed by atoms with Crippen LogP contribution in [0.2, 0.25) is 0 Å². The lowest BCUT2D eigenvalue weighted by Gasteiger charge is -2.23. The predicted octanol–water partition coefficient (Wildman–Crippen LogP) is 4.84. The van der Waals surface area contributed by atoms with E-state index in [1.165, 1.54) is 24.4 Å². The highest BCUT2D eigenvalue weighted by Gasteiger charge is 2.48. The van der Waals surface area contributed by atoms with E-state index in [1.807, 2.05) is 30.3 Å². The summed E-state index contributed by atoms with van der Waals surface area (Å²) in [5, 5.41) is 11.3. The molecular weight excluding hydrogens is 518 g/mol. The second kappa shape index (κ2) is 10.9. The number of methoxy groups -OCH3 is 1. The molecule has 0 saturated carbocycles. The summed E-state index contributed by atoms with van der Waals surface area (Å²) < 4.78 is 10.7. The number of anilines is 1. The van der Waals surface area contributed by atoms with Gasteiger partial charge in [-0.3, -0.25) is 19.5 Å². The van der Waals surface area contributed by atoms with Crippen molar-refractivity contribution in [3.63, 3.8) is 0 Å². The predicted molar refractivity (Wildman–Crippen MR) is 144 cm³/mol. The quantitative estimate of drug-likeness (QED) is 0.153. The van der Waals surface area contributed by atoms with Crippen molar-refractivity contribution in [2.24, 2.45) is 0 Å². The number of carbonyl (C=O) groups is 3. The summed E-state index contributed by atoms with van der Waals surface area (Å²) in [5.74, 6) is -2.08. The van der Waals surface area contributed by atoms with Gasteiger partial charge in [-0.1, -0.05) is 53.8 Å². The van der Waals surface area contributed by atoms with E-state index >= 15 is 0 Å². The van der Waals surface area contributed by atoms with E-state index in [0.29, 0.717) is 29.2 Å². The number of hydrogen-bond acceptors (Lipinski definition) is 9. The third-order valence-electron chi connectivity index (χ3n) is 6.20. The van der Waals surface area contributed by atoms with E-state index in [9.17, 15) is 19.5 Å². The minimum absolute atomic E-state index is 0.100. The molecular formula is C29H23N3O6S. The minimum Gasteiger partial charge on any atom is -0.507 e. The van der Waals surface area contributed by atoms with Crippen LogP contribution in [-0.4, -0.2) is 39.8 Å². The van der Waals surface area contributed by atoms with Crippen molar-refractivity contribution in [3.05, 3.63) is 112 Å². The van der Waals surface area contributed by atoms with Gasteiger partial charge >= 0.3 is 11.9 Å². The maximum Gasteiger partial charge on any atom is 0.350 e. The van der Waals surface area contributed by atoms with Crippen LogP contribution in [0.1, 0.15) is 38.1 Å². The number of benzene rings is 2. The molecule has 1 amide bonds. The van der Waals surface area contributed by atoms with Crippen LogP contribution in [0.5, 0.6) is 5.75 Å². The van der Waals surface area contributed by atoms with Crippen molar-refractivity contribution < 1.29 is 29.0 Å². The summed E-state index contributed by atoms with van der Waals surface area (Å²) in [5.41, 5.74) is 2.15. The van der Waals surface area contributed by atoms with Gasteiger partial charge in [0, 0.05) is 18.0 Å². The maximum absolute atomic E-state index is 13.4. The summed E-state index contributed by atoms with van der Waals surface area (Å²) in [6.45, 7) is 1.99. The van der Waals surface area contributed by atoms with Gasteiger partial charge < -0.3 is 14.6 Å². The number of ketones is 1. The number of aryl methyl sites for hydroxylation is 1. The fraction of sp³-hybridized carbons (Fsp3) is 0.138. The number of rotatable bonds is 7.